The predicted molar refractivity (Wildman–Crippen MR) is 75.3 cm³/mol. The van der Waals surface area contributed by atoms with Crippen LogP contribution < -0.4 is 16.6 Å². The van der Waals surface area contributed by atoms with Gasteiger partial charge in [0.05, 0.1) is 0 Å². The molecule has 0 radical (unpaired) electrons. The molecule has 0 bridgehead atoms. The highest BCUT2D eigenvalue weighted by Crippen LogP contribution is 2.18. The van der Waals surface area contributed by atoms with Gasteiger partial charge in [-0.25, -0.2) is 24.0 Å². The lowest BCUT2D eigenvalue weighted by atomic mass is 10.1. The third-order valence-corrected chi connectivity index (χ3v) is 3.06. The van der Waals surface area contributed by atoms with Gasteiger partial charge in [-0.3, -0.25) is 0 Å². The van der Waals surface area contributed by atoms with Gasteiger partial charge in [-0.05, 0) is 36.6 Å². The molecule has 0 fully saturated rings. The molecule has 21 heavy (non-hydrogen) atoms. The van der Waals surface area contributed by atoms with Gasteiger partial charge in [-0.2, -0.15) is 0 Å². The number of aromatic nitrogens is 1. The Bertz CT molecular complexity index is 646. The Balaban J connectivity index is 2.03. The first-order valence-corrected chi connectivity index (χ1v) is 6.33. The maximum atomic E-state index is 13.5. The molecule has 0 atom stereocenters. The average Bonchev–Trinajstić information content (AvgIpc) is 2.43. The third-order valence-electron chi connectivity index (χ3n) is 3.06. The fraction of sp³-hybridized carbons (Fsp3) is 0.214. The van der Waals surface area contributed by atoms with Gasteiger partial charge in [0.15, 0.2) is 23.3 Å². The standard InChI is InChI=1S/C14H15F3N4/c1-8-6-10(15)3-2-9(8)4-5-19-13-11(16)7-12(17)14(20-13)21-18/h2-3,6-7H,4-5,18H2,1H3,(H2,19,20,21). The second-order valence-corrected chi connectivity index (χ2v) is 4.54. The topological polar surface area (TPSA) is 63.0 Å². The van der Waals surface area contributed by atoms with Crippen molar-refractivity contribution in [3.05, 3.63) is 52.8 Å². The molecule has 112 valence electrons. The van der Waals surface area contributed by atoms with E-state index >= 15 is 0 Å². The summed E-state index contributed by atoms with van der Waals surface area (Å²) in [6.45, 7) is 2.16. The van der Waals surface area contributed by atoms with Crippen LogP contribution >= 0.6 is 0 Å². The molecule has 0 amide bonds. The highest BCUT2D eigenvalue weighted by Gasteiger charge is 2.11. The Morgan fingerprint density at radius 1 is 1.10 bits per heavy atom. The van der Waals surface area contributed by atoms with Gasteiger partial charge in [-0.1, -0.05) is 6.07 Å². The van der Waals surface area contributed by atoms with Gasteiger partial charge in [-0.15, -0.1) is 0 Å². The van der Waals surface area contributed by atoms with Gasteiger partial charge >= 0.3 is 0 Å². The zero-order valence-electron chi connectivity index (χ0n) is 11.4. The molecule has 2 aromatic rings. The number of aryl methyl sites for hydroxylation is 1. The van der Waals surface area contributed by atoms with Crippen molar-refractivity contribution in [3.8, 4) is 0 Å². The van der Waals surface area contributed by atoms with E-state index in [0.29, 0.717) is 19.0 Å². The molecule has 4 nitrogen and oxygen atoms in total. The highest BCUT2D eigenvalue weighted by molar-refractivity contribution is 5.47. The van der Waals surface area contributed by atoms with E-state index in [1.54, 1.807) is 13.0 Å². The number of rotatable bonds is 5. The van der Waals surface area contributed by atoms with Crippen LogP contribution in [0.1, 0.15) is 11.1 Å². The number of nitrogens with one attached hydrogen (secondary N) is 2. The van der Waals surface area contributed by atoms with Gasteiger partial charge in [0, 0.05) is 12.6 Å². The average molecular weight is 296 g/mol. The minimum absolute atomic E-state index is 0.0934. The molecule has 1 heterocycles. The van der Waals surface area contributed by atoms with Crippen molar-refractivity contribution in [1.29, 1.82) is 0 Å². The number of anilines is 2. The zero-order valence-corrected chi connectivity index (χ0v) is 11.4. The van der Waals surface area contributed by atoms with E-state index in [1.165, 1.54) is 12.1 Å². The number of pyridine rings is 1. The molecule has 0 saturated carbocycles. The maximum Gasteiger partial charge on any atom is 0.178 e. The SMILES string of the molecule is Cc1cc(F)ccc1CCNc1nc(NN)c(F)cc1F. The fourth-order valence-electron chi connectivity index (χ4n) is 1.95. The summed E-state index contributed by atoms with van der Waals surface area (Å²) in [5.41, 5.74) is 3.80. The van der Waals surface area contributed by atoms with Crippen molar-refractivity contribution >= 4 is 11.6 Å². The second kappa shape index (κ2) is 6.45. The Kier molecular flexibility index (Phi) is 4.64. The fourth-order valence-corrected chi connectivity index (χ4v) is 1.95. The first-order valence-electron chi connectivity index (χ1n) is 6.33. The van der Waals surface area contributed by atoms with Crippen LogP contribution in [-0.4, -0.2) is 11.5 Å². The highest BCUT2D eigenvalue weighted by atomic mass is 19.1. The first kappa shape index (κ1) is 15.1. The number of hydrogen-bond acceptors (Lipinski definition) is 4. The van der Waals surface area contributed by atoms with Crippen LogP contribution in [0.2, 0.25) is 0 Å². The van der Waals surface area contributed by atoms with Crippen molar-refractivity contribution in [3.63, 3.8) is 0 Å². The molecule has 0 aliphatic rings. The van der Waals surface area contributed by atoms with Crippen molar-refractivity contribution in [2.24, 2.45) is 5.84 Å². The minimum Gasteiger partial charge on any atom is -0.367 e. The van der Waals surface area contributed by atoms with Crippen LogP contribution in [0.5, 0.6) is 0 Å². The molecule has 1 aromatic carbocycles. The molecule has 0 unspecified atom stereocenters. The quantitative estimate of drug-likeness (QED) is 0.586. The molecule has 0 aliphatic carbocycles. The Labute approximate surface area is 120 Å². The number of nitrogen functional groups attached to an aromatic ring is 1. The summed E-state index contributed by atoms with van der Waals surface area (Å²) >= 11 is 0. The van der Waals surface area contributed by atoms with Crippen molar-refractivity contribution in [2.75, 3.05) is 17.3 Å². The van der Waals surface area contributed by atoms with Crippen LogP contribution in [0.3, 0.4) is 0 Å². The lowest BCUT2D eigenvalue weighted by Crippen LogP contribution is -2.14. The first-order chi connectivity index (χ1) is 10.0. The molecule has 0 saturated heterocycles. The number of hydrogen-bond donors (Lipinski definition) is 3. The summed E-state index contributed by atoms with van der Waals surface area (Å²) in [5.74, 6) is 2.79. The van der Waals surface area contributed by atoms with Gasteiger partial charge in [0.1, 0.15) is 5.82 Å². The largest absolute Gasteiger partial charge is 0.367 e. The van der Waals surface area contributed by atoms with Gasteiger partial charge in [0.25, 0.3) is 0 Å². The van der Waals surface area contributed by atoms with E-state index in [2.05, 4.69) is 15.7 Å². The monoisotopic (exact) mass is 296 g/mol. The van der Waals surface area contributed by atoms with Crippen molar-refractivity contribution in [2.45, 2.75) is 13.3 Å². The minimum atomic E-state index is -0.866. The summed E-state index contributed by atoms with van der Waals surface area (Å²) in [4.78, 5) is 3.70. The summed E-state index contributed by atoms with van der Waals surface area (Å²) in [6.07, 6.45) is 0.552. The molecule has 0 spiro atoms. The van der Waals surface area contributed by atoms with Crippen LogP contribution in [0.25, 0.3) is 0 Å². The Morgan fingerprint density at radius 2 is 1.81 bits per heavy atom. The van der Waals surface area contributed by atoms with Crippen molar-refractivity contribution in [1.82, 2.24) is 4.98 Å². The predicted octanol–water partition coefficient (Wildman–Crippen LogP) is 2.75. The summed E-state index contributed by atoms with van der Waals surface area (Å²) in [6, 6.07) is 5.18. The third kappa shape index (κ3) is 3.63. The number of hydrazine groups is 1. The van der Waals surface area contributed by atoms with Gasteiger partial charge in [0.2, 0.25) is 0 Å². The maximum absolute atomic E-state index is 13.5. The van der Waals surface area contributed by atoms with Crippen LogP contribution in [-0.2, 0) is 6.42 Å². The van der Waals surface area contributed by atoms with E-state index in [0.717, 1.165) is 11.1 Å². The number of benzene rings is 1. The van der Waals surface area contributed by atoms with Crippen LogP contribution in [0, 0.1) is 24.4 Å². The van der Waals surface area contributed by atoms with E-state index < -0.39 is 11.6 Å². The van der Waals surface area contributed by atoms with Crippen LogP contribution in [0.4, 0.5) is 24.8 Å². The van der Waals surface area contributed by atoms with Crippen molar-refractivity contribution < 1.29 is 13.2 Å². The molecule has 1 aromatic heterocycles. The molecular weight excluding hydrogens is 281 g/mol. The number of nitrogens with two attached hydrogens (primary N) is 1. The van der Waals surface area contributed by atoms with Crippen LogP contribution in [0.15, 0.2) is 24.3 Å². The number of halogens is 3. The summed E-state index contributed by atoms with van der Waals surface area (Å²) in [5, 5.41) is 2.76. The second-order valence-electron chi connectivity index (χ2n) is 4.54. The smallest absolute Gasteiger partial charge is 0.178 e. The molecule has 4 N–H and O–H groups in total. The molecular formula is C14H15F3N4. The Hall–Kier alpha value is -2.28. The van der Waals surface area contributed by atoms with Gasteiger partial charge < -0.3 is 10.7 Å². The van der Waals surface area contributed by atoms with E-state index in [1.807, 2.05) is 0 Å². The lowest BCUT2D eigenvalue weighted by molar-refractivity contribution is 0.578. The normalized spacial score (nSPS) is 10.5. The Morgan fingerprint density at radius 3 is 2.48 bits per heavy atom. The van der Waals surface area contributed by atoms with E-state index in [-0.39, 0.29) is 17.5 Å². The van der Waals surface area contributed by atoms with E-state index in [4.69, 9.17) is 5.84 Å². The summed E-state index contributed by atoms with van der Waals surface area (Å²) < 4.78 is 39.7. The molecule has 7 heteroatoms. The molecule has 2 rings (SSSR count). The van der Waals surface area contributed by atoms with E-state index in [9.17, 15) is 13.2 Å². The zero-order chi connectivity index (χ0) is 15.4. The summed E-state index contributed by atoms with van der Waals surface area (Å²) in [7, 11) is 0. The lowest BCUT2D eigenvalue weighted by Gasteiger charge is -2.10. The molecule has 0 aliphatic heterocycles. The number of nitrogens with zero attached hydrogens (tertiary/aromatic N) is 1.